The molecule has 1 heterocycles. The van der Waals surface area contributed by atoms with Gasteiger partial charge in [0, 0.05) is 28.4 Å². The minimum absolute atomic E-state index is 0.201. The first kappa shape index (κ1) is 21.9. The van der Waals surface area contributed by atoms with Gasteiger partial charge in [-0.1, -0.05) is 29.8 Å². The molecule has 1 aliphatic rings. The van der Waals surface area contributed by atoms with Crippen LogP contribution in [0.15, 0.2) is 71.1 Å². The number of aryl methyl sites for hydroxylation is 1. The van der Waals surface area contributed by atoms with Crippen molar-refractivity contribution in [1.29, 1.82) is 0 Å². The van der Waals surface area contributed by atoms with Gasteiger partial charge in [-0.05, 0) is 73.9 Å². The molecule has 0 atom stereocenters. The highest BCUT2D eigenvalue weighted by Gasteiger charge is 2.24. The summed E-state index contributed by atoms with van der Waals surface area (Å²) in [6, 6.07) is 19.7. The normalized spacial score (nSPS) is 12.9. The van der Waals surface area contributed by atoms with Gasteiger partial charge in [-0.2, -0.15) is 0 Å². The molecular weight excluding hydrogens is 452 g/mol. The van der Waals surface area contributed by atoms with Crippen LogP contribution in [0.2, 0.25) is 5.02 Å². The van der Waals surface area contributed by atoms with Crippen LogP contribution in [0.3, 0.4) is 0 Å². The zero-order valence-corrected chi connectivity index (χ0v) is 19.1. The Kier molecular flexibility index (Phi) is 5.86. The monoisotopic (exact) mass is 472 g/mol. The molecule has 0 spiro atoms. The van der Waals surface area contributed by atoms with Crippen molar-refractivity contribution in [2.24, 2.45) is 0 Å². The Morgan fingerprint density at radius 2 is 1.68 bits per heavy atom. The zero-order chi connectivity index (χ0) is 23.7. The number of amides is 2. The fraction of sp³-hybridized carbons (Fsp3) is 0.154. The molecule has 2 amide bonds. The lowest BCUT2D eigenvalue weighted by Gasteiger charge is -2.09. The van der Waals surface area contributed by atoms with Crippen LogP contribution in [0.4, 0.5) is 5.69 Å². The average molecular weight is 473 g/mol. The minimum atomic E-state index is -0.302. The standard InChI is InChI=1S/C26H21ClN4O3/c1-15-4-2-3-5-20(15)26-31-30-25(34-26)17-8-6-16(7-9-17)23(32)29-19-12-13-21(22(27)14-19)24(33)28-18-10-11-18/h2-9,12-14,18H,10-11H2,1H3,(H,28,33)(H,29,32). The number of carbonyl (C=O) groups excluding carboxylic acids is 2. The van der Waals surface area contributed by atoms with Crippen molar-refractivity contribution in [2.45, 2.75) is 25.8 Å². The highest BCUT2D eigenvalue weighted by molar-refractivity contribution is 6.34. The number of anilines is 1. The molecule has 1 fully saturated rings. The van der Waals surface area contributed by atoms with Gasteiger partial charge < -0.3 is 15.1 Å². The molecule has 7 nitrogen and oxygen atoms in total. The second-order valence-corrected chi connectivity index (χ2v) is 8.61. The summed E-state index contributed by atoms with van der Waals surface area (Å²) in [6.07, 6.45) is 1.99. The largest absolute Gasteiger partial charge is 0.416 e. The molecule has 0 saturated heterocycles. The van der Waals surface area contributed by atoms with Gasteiger partial charge >= 0.3 is 0 Å². The maximum Gasteiger partial charge on any atom is 0.255 e. The predicted molar refractivity (Wildman–Crippen MR) is 130 cm³/mol. The first-order chi connectivity index (χ1) is 16.5. The van der Waals surface area contributed by atoms with Crippen molar-refractivity contribution in [3.05, 3.63) is 88.4 Å². The number of nitrogens with one attached hydrogen (secondary N) is 2. The Morgan fingerprint density at radius 3 is 2.38 bits per heavy atom. The third-order valence-corrected chi connectivity index (χ3v) is 5.89. The van der Waals surface area contributed by atoms with Crippen LogP contribution in [0.1, 0.15) is 39.1 Å². The van der Waals surface area contributed by atoms with E-state index in [9.17, 15) is 9.59 Å². The Hall–Kier alpha value is -3.97. The van der Waals surface area contributed by atoms with Crippen molar-refractivity contribution in [3.8, 4) is 22.9 Å². The number of nitrogens with zero attached hydrogens (tertiary/aromatic N) is 2. The molecule has 5 rings (SSSR count). The maximum atomic E-state index is 12.7. The van der Waals surface area contributed by atoms with Gasteiger partial charge in [0.15, 0.2) is 0 Å². The van der Waals surface area contributed by atoms with E-state index in [2.05, 4.69) is 20.8 Å². The van der Waals surface area contributed by atoms with Crippen LogP contribution in [0.5, 0.6) is 0 Å². The summed E-state index contributed by atoms with van der Waals surface area (Å²) in [6.45, 7) is 1.98. The van der Waals surface area contributed by atoms with Gasteiger partial charge in [0.1, 0.15) is 0 Å². The third kappa shape index (κ3) is 4.70. The molecule has 1 aromatic heterocycles. The Morgan fingerprint density at radius 1 is 0.941 bits per heavy atom. The molecule has 1 saturated carbocycles. The molecule has 1 aliphatic carbocycles. The van der Waals surface area contributed by atoms with E-state index in [1.165, 1.54) is 0 Å². The van der Waals surface area contributed by atoms with Crippen LogP contribution >= 0.6 is 11.6 Å². The van der Waals surface area contributed by atoms with Crippen LogP contribution in [0, 0.1) is 6.92 Å². The van der Waals surface area contributed by atoms with E-state index < -0.39 is 0 Å². The highest BCUT2D eigenvalue weighted by atomic mass is 35.5. The van der Waals surface area contributed by atoms with Gasteiger partial charge in [-0.25, -0.2) is 0 Å². The number of halogens is 1. The van der Waals surface area contributed by atoms with Crippen molar-refractivity contribution in [1.82, 2.24) is 15.5 Å². The molecule has 0 radical (unpaired) electrons. The fourth-order valence-corrected chi connectivity index (χ4v) is 3.76. The van der Waals surface area contributed by atoms with E-state index in [4.69, 9.17) is 16.0 Å². The van der Waals surface area contributed by atoms with Gasteiger partial charge in [0.25, 0.3) is 11.8 Å². The lowest BCUT2D eigenvalue weighted by molar-refractivity contribution is 0.0950. The first-order valence-corrected chi connectivity index (χ1v) is 11.3. The number of hydrogen-bond acceptors (Lipinski definition) is 5. The summed E-state index contributed by atoms with van der Waals surface area (Å²) >= 11 is 6.27. The Balaban J connectivity index is 1.27. The second-order valence-electron chi connectivity index (χ2n) is 8.20. The molecule has 0 aliphatic heterocycles. The van der Waals surface area contributed by atoms with Crippen molar-refractivity contribution < 1.29 is 14.0 Å². The van der Waals surface area contributed by atoms with E-state index in [1.807, 2.05) is 31.2 Å². The van der Waals surface area contributed by atoms with Gasteiger partial charge in [-0.3, -0.25) is 9.59 Å². The number of aromatic nitrogens is 2. The average Bonchev–Trinajstić information content (AvgIpc) is 3.51. The quantitative estimate of drug-likeness (QED) is 0.385. The Bertz CT molecular complexity index is 1380. The van der Waals surface area contributed by atoms with E-state index in [0.29, 0.717) is 34.2 Å². The van der Waals surface area contributed by atoms with Crippen LogP contribution < -0.4 is 10.6 Å². The van der Waals surface area contributed by atoms with Gasteiger partial charge in [0.2, 0.25) is 11.8 Å². The molecule has 0 unspecified atom stereocenters. The summed E-state index contributed by atoms with van der Waals surface area (Å²) in [5.74, 6) is 0.314. The van der Waals surface area contributed by atoms with Crippen molar-refractivity contribution in [3.63, 3.8) is 0 Å². The molecule has 170 valence electrons. The minimum Gasteiger partial charge on any atom is -0.416 e. The molecular formula is C26H21ClN4O3. The molecule has 8 heteroatoms. The first-order valence-electron chi connectivity index (χ1n) is 10.9. The summed E-state index contributed by atoms with van der Waals surface area (Å²) < 4.78 is 5.83. The number of hydrogen-bond donors (Lipinski definition) is 2. The summed E-state index contributed by atoms with van der Waals surface area (Å²) in [5.41, 5.74) is 3.97. The number of benzene rings is 3. The van der Waals surface area contributed by atoms with Crippen molar-refractivity contribution in [2.75, 3.05) is 5.32 Å². The molecule has 0 bridgehead atoms. The van der Waals surface area contributed by atoms with E-state index in [0.717, 1.165) is 24.0 Å². The van der Waals surface area contributed by atoms with Gasteiger partial charge in [-0.15, -0.1) is 10.2 Å². The van der Waals surface area contributed by atoms with Crippen LogP contribution in [-0.2, 0) is 0 Å². The number of rotatable bonds is 6. The lowest BCUT2D eigenvalue weighted by Crippen LogP contribution is -2.25. The molecule has 2 N–H and O–H groups in total. The lowest BCUT2D eigenvalue weighted by atomic mass is 10.1. The topological polar surface area (TPSA) is 97.1 Å². The van der Waals surface area contributed by atoms with Gasteiger partial charge in [0.05, 0.1) is 10.6 Å². The van der Waals surface area contributed by atoms with Crippen LogP contribution in [-0.4, -0.2) is 28.1 Å². The SMILES string of the molecule is Cc1ccccc1-c1nnc(-c2ccc(C(=O)Nc3ccc(C(=O)NC4CC4)c(Cl)c3)cc2)o1. The van der Waals surface area contributed by atoms with Crippen molar-refractivity contribution >= 4 is 29.1 Å². The van der Waals surface area contributed by atoms with Crippen LogP contribution in [0.25, 0.3) is 22.9 Å². The smallest absolute Gasteiger partial charge is 0.255 e. The fourth-order valence-electron chi connectivity index (χ4n) is 3.50. The summed E-state index contributed by atoms with van der Waals surface area (Å²) in [5, 5.41) is 14.3. The third-order valence-electron chi connectivity index (χ3n) is 5.58. The zero-order valence-electron chi connectivity index (χ0n) is 18.3. The van der Waals surface area contributed by atoms with E-state index in [1.54, 1.807) is 42.5 Å². The number of carbonyl (C=O) groups is 2. The van der Waals surface area contributed by atoms with E-state index in [-0.39, 0.29) is 22.9 Å². The summed E-state index contributed by atoms with van der Waals surface area (Å²) in [7, 11) is 0. The molecule has 4 aromatic rings. The maximum absolute atomic E-state index is 12.7. The summed E-state index contributed by atoms with van der Waals surface area (Å²) in [4.78, 5) is 24.9. The van der Waals surface area contributed by atoms with E-state index >= 15 is 0 Å². The second kappa shape index (κ2) is 9.11. The predicted octanol–water partition coefficient (Wildman–Crippen LogP) is 5.51. The Labute approximate surface area is 201 Å². The highest BCUT2D eigenvalue weighted by Crippen LogP contribution is 2.27. The molecule has 3 aromatic carbocycles. The molecule has 34 heavy (non-hydrogen) atoms.